The molecule has 1 heterocycles. The highest BCUT2D eigenvalue weighted by Crippen LogP contribution is 2.15. The smallest absolute Gasteiger partial charge is 0.276 e. The lowest BCUT2D eigenvalue weighted by Crippen LogP contribution is -2.27. The van der Waals surface area contributed by atoms with Crippen LogP contribution in [0.5, 0.6) is 0 Å². The number of amides is 1. The van der Waals surface area contributed by atoms with Gasteiger partial charge in [0, 0.05) is 19.3 Å². The first-order valence-corrected chi connectivity index (χ1v) is 5.81. The first kappa shape index (κ1) is 19.3. The largest absolute Gasteiger partial charge is 0.325 e. The molecule has 1 amide bonds. The SMILES string of the molecule is CN(C(=O)c1cccc(CN)n1)c1ccc(F)cc1.Cl.Cl. The number of benzene rings is 1. The van der Waals surface area contributed by atoms with Gasteiger partial charge in [0.05, 0.1) is 5.69 Å². The predicted octanol–water partition coefficient (Wildman–Crippen LogP) is 2.80. The van der Waals surface area contributed by atoms with Gasteiger partial charge in [-0.1, -0.05) is 6.07 Å². The van der Waals surface area contributed by atoms with Crippen LogP contribution in [0.25, 0.3) is 0 Å². The average Bonchev–Trinajstić information content (AvgIpc) is 2.46. The molecule has 0 saturated heterocycles. The van der Waals surface area contributed by atoms with E-state index in [1.54, 1.807) is 37.4 Å². The zero-order valence-corrected chi connectivity index (χ0v) is 13.0. The van der Waals surface area contributed by atoms with Crippen molar-refractivity contribution in [1.29, 1.82) is 0 Å². The van der Waals surface area contributed by atoms with Gasteiger partial charge in [0.2, 0.25) is 0 Å². The quantitative estimate of drug-likeness (QED) is 0.940. The normalized spacial score (nSPS) is 9.29. The summed E-state index contributed by atoms with van der Waals surface area (Å²) in [6, 6.07) is 10.8. The molecule has 0 aliphatic heterocycles. The molecule has 0 bridgehead atoms. The molecular formula is C14H16Cl2FN3O. The number of halogens is 3. The zero-order chi connectivity index (χ0) is 13.8. The summed E-state index contributed by atoms with van der Waals surface area (Å²) in [5, 5.41) is 0. The maximum Gasteiger partial charge on any atom is 0.276 e. The molecule has 0 spiro atoms. The molecule has 0 aliphatic rings. The van der Waals surface area contributed by atoms with Gasteiger partial charge in [0.15, 0.2) is 0 Å². The van der Waals surface area contributed by atoms with Crippen LogP contribution in [0.15, 0.2) is 42.5 Å². The van der Waals surface area contributed by atoms with Crippen LogP contribution in [0.3, 0.4) is 0 Å². The second-order valence-corrected chi connectivity index (χ2v) is 4.06. The van der Waals surface area contributed by atoms with Gasteiger partial charge in [-0.15, -0.1) is 24.8 Å². The topological polar surface area (TPSA) is 59.2 Å². The number of nitrogens with two attached hydrogens (primary N) is 1. The molecule has 2 rings (SSSR count). The minimum absolute atomic E-state index is 0. The van der Waals surface area contributed by atoms with Gasteiger partial charge in [0.25, 0.3) is 5.91 Å². The van der Waals surface area contributed by atoms with Crippen molar-refractivity contribution < 1.29 is 9.18 Å². The molecular weight excluding hydrogens is 316 g/mol. The molecule has 1 aromatic carbocycles. The molecule has 0 fully saturated rings. The monoisotopic (exact) mass is 331 g/mol. The second kappa shape index (κ2) is 8.56. The van der Waals surface area contributed by atoms with Crippen LogP contribution in [-0.4, -0.2) is 17.9 Å². The number of hydrogen-bond acceptors (Lipinski definition) is 3. The van der Waals surface area contributed by atoms with Crippen molar-refractivity contribution in [3.05, 3.63) is 59.7 Å². The van der Waals surface area contributed by atoms with E-state index in [0.717, 1.165) is 0 Å². The molecule has 0 atom stereocenters. The first-order valence-electron chi connectivity index (χ1n) is 5.81. The highest BCUT2D eigenvalue weighted by atomic mass is 35.5. The Kier molecular flexibility index (Phi) is 7.88. The van der Waals surface area contributed by atoms with E-state index in [9.17, 15) is 9.18 Å². The molecule has 4 nitrogen and oxygen atoms in total. The Morgan fingerprint density at radius 2 is 1.81 bits per heavy atom. The van der Waals surface area contributed by atoms with Gasteiger partial charge >= 0.3 is 0 Å². The maximum absolute atomic E-state index is 12.8. The molecule has 0 saturated carbocycles. The van der Waals surface area contributed by atoms with Gasteiger partial charge in [-0.25, -0.2) is 9.37 Å². The Morgan fingerprint density at radius 1 is 1.19 bits per heavy atom. The predicted molar refractivity (Wildman–Crippen MR) is 85.8 cm³/mol. The molecule has 2 aromatic rings. The van der Waals surface area contributed by atoms with Crippen molar-refractivity contribution in [3.63, 3.8) is 0 Å². The van der Waals surface area contributed by atoms with Crippen LogP contribution in [-0.2, 0) is 6.54 Å². The van der Waals surface area contributed by atoms with Gasteiger partial charge in [-0.2, -0.15) is 0 Å². The summed E-state index contributed by atoms with van der Waals surface area (Å²) in [6.45, 7) is 0.279. The van der Waals surface area contributed by atoms with Crippen molar-refractivity contribution in [3.8, 4) is 0 Å². The van der Waals surface area contributed by atoms with Gasteiger partial charge in [0.1, 0.15) is 11.5 Å². The zero-order valence-electron chi connectivity index (χ0n) is 11.3. The van der Waals surface area contributed by atoms with Crippen LogP contribution < -0.4 is 10.6 Å². The van der Waals surface area contributed by atoms with Crippen molar-refractivity contribution in [2.75, 3.05) is 11.9 Å². The number of carbonyl (C=O) groups is 1. The van der Waals surface area contributed by atoms with Crippen LogP contribution in [0.4, 0.5) is 10.1 Å². The minimum atomic E-state index is -0.340. The summed E-state index contributed by atoms with van der Waals surface area (Å²) < 4.78 is 12.8. The van der Waals surface area contributed by atoms with Crippen molar-refractivity contribution in [2.24, 2.45) is 5.73 Å². The maximum atomic E-state index is 12.8. The second-order valence-electron chi connectivity index (χ2n) is 4.06. The number of nitrogens with zero attached hydrogens (tertiary/aromatic N) is 2. The van der Waals surface area contributed by atoms with E-state index in [1.165, 1.54) is 17.0 Å². The fourth-order valence-electron chi connectivity index (χ4n) is 1.67. The number of carbonyl (C=O) groups excluding carboxylic acids is 1. The van der Waals surface area contributed by atoms with E-state index in [2.05, 4.69) is 4.98 Å². The van der Waals surface area contributed by atoms with Gasteiger partial charge < -0.3 is 10.6 Å². The summed E-state index contributed by atoms with van der Waals surface area (Å²) in [5.41, 5.74) is 7.06. The molecule has 7 heteroatoms. The van der Waals surface area contributed by atoms with E-state index in [4.69, 9.17) is 5.73 Å². The number of hydrogen-bond donors (Lipinski definition) is 1. The summed E-state index contributed by atoms with van der Waals surface area (Å²) in [4.78, 5) is 17.8. The third-order valence-corrected chi connectivity index (χ3v) is 2.75. The Morgan fingerprint density at radius 3 is 2.38 bits per heavy atom. The van der Waals surface area contributed by atoms with Crippen LogP contribution in [0.1, 0.15) is 16.2 Å². The number of pyridine rings is 1. The molecule has 0 unspecified atom stereocenters. The first-order chi connectivity index (χ1) is 9.11. The van der Waals surface area contributed by atoms with Crippen molar-refractivity contribution >= 4 is 36.4 Å². The molecule has 0 radical (unpaired) electrons. The lowest BCUT2D eigenvalue weighted by molar-refractivity contribution is 0.0988. The van der Waals surface area contributed by atoms with E-state index in [-0.39, 0.29) is 43.1 Å². The van der Waals surface area contributed by atoms with E-state index < -0.39 is 0 Å². The van der Waals surface area contributed by atoms with Crippen LogP contribution in [0, 0.1) is 5.82 Å². The molecule has 114 valence electrons. The summed E-state index contributed by atoms with van der Waals surface area (Å²) in [6.07, 6.45) is 0. The van der Waals surface area contributed by atoms with Gasteiger partial charge in [-0.05, 0) is 36.4 Å². The fourth-order valence-corrected chi connectivity index (χ4v) is 1.67. The number of rotatable bonds is 3. The Hall–Kier alpha value is -1.69. The fraction of sp³-hybridized carbons (Fsp3) is 0.143. The minimum Gasteiger partial charge on any atom is -0.325 e. The Labute approximate surface area is 135 Å². The van der Waals surface area contributed by atoms with Crippen molar-refractivity contribution in [2.45, 2.75) is 6.54 Å². The summed E-state index contributed by atoms with van der Waals surface area (Å²) >= 11 is 0. The molecule has 1 aromatic heterocycles. The molecule has 2 N–H and O–H groups in total. The van der Waals surface area contributed by atoms with E-state index in [0.29, 0.717) is 17.1 Å². The number of anilines is 1. The molecule has 0 aliphatic carbocycles. The summed E-state index contributed by atoms with van der Waals surface area (Å²) in [7, 11) is 1.62. The Bertz CT molecular complexity index is 593. The van der Waals surface area contributed by atoms with Crippen molar-refractivity contribution in [1.82, 2.24) is 4.98 Å². The Balaban J connectivity index is 0.00000200. The van der Waals surface area contributed by atoms with E-state index >= 15 is 0 Å². The lowest BCUT2D eigenvalue weighted by Gasteiger charge is -2.17. The summed E-state index contributed by atoms with van der Waals surface area (Å²) in [5.74, 6) is -0.602. The lowest BCUT2D eigenvalue weighted by atomic mass is 10.2. The highest BCUT2D eigenvalue weighted by molar-refractivity contribution is 6.04. The number of aromatic nitrogens is 1. The van der Waals surface area contributed by atoms with Crippen LogP contribution >= 0.6 is 24.8 Å². The third-order valence-electron chi connectivity index (χ3n) is 2.75. The average molecular weight is 332 g/mol. The van der Waals surface area contributed by atoms with Gasteiger partial charge in [-0.3, -0.25) is 4.79 Å². The third kappa shape index (κ3) is 4.67. The highest BCUT2D eigenvalue weighted by Gasteiger charge is 2.15. The van der Waals surface area contributed by atoms with E-state index in [1.807, 2.05) is 0 Å². The molecule has 21 heavy (non-hydrogen) atoms. The standard InChI is InChI=1S/C14H14FN3O.2ClH/c1-18(12-7-5-10(15)6-8-12)14(19)13-4-2-3-11(9-16)17-13;;/h2-8H,9,16H2,1H3;2*1H. The van der Waals surface area contributed by atoms with Crippen LogP contribution in [0.2, 0.25) is 0 Å².